The van der Waals surface area contributed by atoms with Crippen molar-refractivity contribution in [3.05, 3.63) is 68.7 Å². The van der Waals surface area contributed by atoms with Crippen LogP contribution in [0.4, 0.5) is 8.78 Å². The van der Waals surface area contributed by atoms with Crippen LogP contribution in [0.25, 0.3) is 0 Å². The van der Waals surface area contributed by atoms with Gasteiger partial charge in [-0.3, -0.25) is 4.79 Å². The first-order valence-electron chi connectivity index (χ1n) is 5.84. The van der Waals surface area contributed by atoms with Crippen molar-refractivity contribution in [1.29, 1.82) is 0 Å². The number of halogens is 4. The van der Waals surface area contributed by atoms with E-state index in [9.17, 15) is 13.6 Å². The molecular formula is C15H10BrClF2O. The zero-order valence-corrected chi connectivity index (χ0v) is 12.6. The van der Waals surface area contributed by atoms with Gasteiger partial charge in [0.05, 0.1) is 0 Å². The van der Waals surface area contributed by atoms with Crippen molar-refractivity contribution in [2.75, 3.05) is 0 Å². The second-order valence-corrected chi connectivity index (χ2v) is 5.73. The van der Waals surface area contributed by atoms with E-state index in [1.54, 1.807) is 18.2 Å². The van der Waals surface area contributed by atoms with Gasteiger partial charge in [-0.25, -0.2) is 8.78 Å². The van der Waals surface area contributed by atoms with Gasteiger partial charge in [0.15, 0.2) is 0 Å². The summed E-state index contributed by atoms with van der Waals surface area (Å²) in [5.41, 5.74) is 1.01. The van der Waals surface area contributed by atoms with Gasteiger partial charge < -0.3 is 0 Å². The Bertz CT molecular complexity index is 638. The van der Waals surface area contributed by atoms with Crippen molar-refractivity contribution in [2.24, 2.45) is 0 Å². The Balaban J connectivity index is 2.09. The molecule has 0 aliphatic heterocycles. The molecule has 20 heavy (non-hydrogen) atoms. The van der Waals surface area contributed by atoms with Crippen LogP contribution in [0, 0.1) is 11.6 Å². The molecule has 0 bridgehead atoms. The van der Waals surface area contributed by atoms with E-state index in [0.717, 1.165) is 22.7 Å². The highest BCUT2D eigenvalue weighted by Gasteiger charge is 2.10. The normalized spacial score (nSPS) is 10.6. The molecule has 0 radical (unpaired) electrons. The van der Waals surface area contributed by atoms with Gasteiger partial charge in [0.25, 0.3) is 0 Å². The number of hydrogen-bond donors (Lipinski definition) is 0. The van der Waals surface area contributed by atoms with Gasteiger partial charge in [-0.2, -0.15) is 0 Å². The Morgan fingerprint density at radius 2 is 1.70 bits per heavy atom. The number of hydrogen-bond acceptors (Lipinski definition) is 1. The topological polar surface area (TPSA) is 17.1 Å². The first-order valence-corrected chi connectivity index (χ1v) is 7.02. The molecule has 104 valence electrons. The molecule has 0 aliphatic rings. The number of benzene rings is 2. The number of carbonyl (C=O) groups is 1. The molecule has 0 N–H and O–H groups in total. The fourth-order valence-electron chi connectivity index (χ4n) is 1.88. The maximum absolute atomic E-state index is 13.0. The first kappa shape index (κ1) is 15.1. The highest BCUT2D eigenvalue weighted by atomic mass is 79.9. The largest absolute Gasteiger partial charge is 0.299 e. The van der Waals surface area contributed by atoms with E-state index in [-0.39, 0.29) is 18.6 Å². The van der Waals surface area contributed by atoms with Gasteiger partial charge >= 0.3 is 0 Å². The molecular weight excluding hydrogens is 350 g/mol. The number of carbonyl (C=O) groups excluding carboxylic acids is 1. The Labute approximate surface area is 128 Å². The minimum atomic E-state index is -0.686. The van der Waals surface area contributed by atoms with Gasteiger partial charge in [-0.05, 0) is 35.4 Å². The Hall–Kier alpha value is -1.26. The molecule has 0 saturated carbocycles. The molecule has 0 fully saturated rings. The molecule has 0 aromatic heterocycles. The van der Waals surface area contributed by atoms with Crippen LogP contribution in [-0.4, -0.2) is 5.78 Å². The van der Waals surface area contributed by atoms with E-state index < -0.39 is 11.6 Å². The van der Waals surface area contributed by atoms with Crippen LogP contribution in [-0.2, 0) is 17.6 Å². The number of Topliss-reactive ketones (excluding diaryl/α,β-unsaturated/α-hetero) is 1. The molecule has 0 spiro atoms. The van der Waals surface area contributed by atoms with Crippen molar-refractivity contribution in [3.63, 3.8) is 0 Å². The van der Waals surface area contributed by atoms with Crippen molar-refractivity contribution in [2.45, 2.75) is 12.8 Å². The quantitative estimate of drug-likeness (QED) is 0.771. The van der Waals surface area contributed by atoms with Crippen LogP contribution in [0.15, 0.2) is 40.9 Å². The van der Waals surface area contributed by atoms with E-state index in [1.807, 2.05) is 0 Å². The lowest BCUT2D eigenvalue weighted by atomic mass is 10.0. The van der Waals surface area contributed by atoms with Gasteiger partial charge in [0.2, 0.25) is 0 Å². The van der Waals surface area contributed by atoms with E-state index in [4.69, 9.17) is 11.6 Å². The SMILES string of the molecule is O=C(Cc1cc(F)cc(F)c1)Cc1ccc(Br)cc1Cl. The highest BCUT2D eigenvalue weighted by molar-refractivity contribution is 9.10. The van der Waals surface area contributed by atoms with Crippen LogP contribution in [0.5, 0.6) is 0 Å². The van der Waals surface area contributed by atoms with Crippen LogP contribution < -0.4 is 0 Å². The Kier molecular flexibility index (Phi) is 4.89. The fourth-order valence-corrected chi connectivity index (χ4v) is 2.62. The zero-order valence-electron chi connectivity index (χ0n) is 10.3. The Morgan fingerprint density at radius 3 is 2.30 bits per heavy atom. The molecule has 2 rings (SSSR count). The maximum atomic E-state index is 13.0. The molecule has 2 aromatic carbocycles. The maximum Gasteiger partial charge on any atom is 0.141 e. The van der Waals surface area contributed by atoms with Crippen LogP contribution in [0.1, 0.15) is 11.1 Å². The summed E-state index contributed by atoms with van der Waals surface area (Å²) in [7, 11) is 0. The van der Waals surface area contributed by atoms with Crippen LogP contribution in [0.3, 0.4) is 0 Å². The summed E-state index contributed by atoms with van der Waals surface area (Å²) in [5.74, 6) is -1.52. The summed E-state index contributed by atoms with van der Waals surface area (Å²) >= 11 is 9.30. The molecule has 0 atom stereocenters. The zero-order chi connectivity index (χ0) is 14.7. The molecule has 5 heteroatoms. The van der Waals surface area contributed by atoms with Crippen molar-refractivity contribution in [3.8, 4) is 0 Å². The van der Waals surface area contributed by atoms with Crippen molar-refractivity contribution >= 4 is 33.3 Å². The molecule has 0 heterocycles. The molecule has 2 aromatic rings. The minimum Gasteiger partial charge on any atom is -0.299 e. The third-order valence-electron chi connectivity index (χ3n) is 2.73. The second kappa shape index (κ2) is 6.46. The van der Waals surface area contributed by atoms with Crippen LogP contribution in [0.2, 0.25) is 5.02 Å². The van der Waals surface area contributed by atoms with Gasteiger partial charge in [0, 0.05) is 28.4 Å². The van der Waals surface area contributed by atoms with E-state index in [1.165, 1.54) is 0 Å². The summed E-state index contributed by atoms with van der Waals surface area (Å²) in [5, 5.41) is 0.484. The van der Waals surface area contributed by atoms with Gasteiger partial charge in [-0.1, -0.05) is 33.6 Å². The van der Waals surface area contributed by atoms with Gasteiger partial charge in [0.1, 0.15) is 17.4 Å². The number of rotatable bonds is 4. The third kappa shape index (κ3) is 4.12. The van der Waals surface area contributed by atoms with E-state index in [2.05, 4.69) is 15.9 Å². The predicted molar refractivity (Wildman–Crippen MR) is 77.9 cm³/mol. The standard InChI is InChI=1S/C15H10BrClF2O/c16-11-2-1-10(15(17)7-11)6-14(20)5-9-3-12(18)8-13(19)4-9/h1-4,7-8H,5-6H2. The highest BCUT2D eigenvalue weighted by Crippen LogP contribution is 2.22. The lowest BCUT2D eigenvalue weighted by Crippen LogP contribution is -2.07. The summed E-state index contributed by atoms with van der Waals surface area (Å²) in [6.45, 7) is 0. The summed E-state index contributed by atoms with van der Waals surface area (Å²) in [6, 6.07) is 8.33. The monoisotopic (exact) mass is 358 g/mol. The first-order chi connectivity index (χ1) is 9.44. The van der Waals surface area contributed by atoms with Crippen molar-refractivity contribution < 1.29 is 13.6 Å². The molecule has 0 unspecified atom stereocenters. The molecule has 0 saturated heterocycles. The summed E-state index contributed by atoms with van der Waals surface area (Å²) < 4.78 is 26.9. The average Bonchev–Trinajstić information content (AvgIpc) is 2.31. The predicted octanol–water partition coefficient (Wildman–Crippen LogP) is 4.74. The molecule has 0 aliphatic carbocycles. The fraction of sp³-hybridized carbons (Fsp3) is 0.133. The Morgan fingerprint density at radius 1 is 1.05 bits per heavy atom. The van der Waals surface area contributed by atoms with E-state index >= 15 is 0 Å². The van der Waals surface area contributed by atoms with Crippen LogP contribution >= 0.6 is 27.5 Å². The summed E-state index contributed by atoms with van der Waals surface area (Å²) in [6.07, 6.45) is 0.102. The average molecular weight is 360 g/mol. The lowest BCUT2D eigenvalue weighted by molar-refractivity contribution is -0.117. The smallest absolute Gasteiger partial charge is 0.141 e. The minimum absolute atomic E-state index is 0.0267. The third-order valence-corrected chi connectivity index (χ3v) is 3.57. The van der Waals surface area contributed by atoms with E-state index in [0.29, 0.717) is 16.1 Å². The van der Waals surface area contributed by atoms with Crippen molar-refractivity contribution in [1.82, 2.24) is 0 Å². The second-order valence-electron chi connectivity index (χ2n) is 4.41. The number of ketones is 1. The van der Waals surface area contributed by atoms with Gasteiger partial charge in [-0.15, -0.1) is 0 Å². The molecule has 0 amide bonds. The summed E-state index contributed by atoms with van der Waals surface area (Å²) in [4.78, 5) is 11.9. The molecule has 1 nitrogen and oxygen atoms in total. The lowest BCUT2D eigenvalue weighted by Gasteiger charge is -2.05.